The molecule has 0 fully saturated rings. The van der Waals surface area contributed by atoms with E-state index in [1.54, 1.807) is 5.19 Å². The van der Waals surface area contributed by atoms with E-state index in [1.807, 2.05) is 12.1 Å². The summed E-state index contributed by atoms with van der Waals surface area (Å²) in [5, 5.41) is 12.8. The van der Waals surface area contributed by atoms with Crippen LogP contribution in [-0.2, 0) is 0 Å². The average molecular weight is 947 g/mol. The van der Waals surface area contributed by atoms with Gasteiger partial charge in [0.1, 0.15) is 38.5 Å². The lowest BCUT2D eigenvalue weighted by molar-refractivity contribution is 0.668. The Kier molecular flexibility index (Phi) is 8.32. The van der Waals surface area contributed by atoms with Crippen LogP contribution in [0.2, 0.25) is 26.2 Å². The molecular weight excluding hydrogens is 901 g/mol. The van der Waals surface area contributed by atoms with Crippen LogP contribution in [0.1, 0.15) is 0 Å². The van der Waals surface area contributed by atoms with Gasteiger partial charge in [-0.1, -0.05) is 154 Å². The summed E-state index contributed by atoms with van der Waals surface area (Å²) in [6, 6.07) is 74.4. The van der Waals surface area contributed by atoms with Gasteiger partial charge < -0.3 is 23.1 Å². The number of rotatable bonds is 6. The second kappa shape index (κ2) is 14.6. The molecule has 5 nitrogen and oxygen atoms in total. The fraction of sp³-hybridized carbons (Fsp3) is 0.0625. The molecule has 15 rings (SSSR count). The third-order valence-corrected chi connectivity index (χ3v) is 23.0. The fourth-order valence-corrected chi connectivity index (χ4v) is 21.1. The van der Waals surface area contributed by atoms with Gasteiger partial charge in [-0.15, -0.1) is 0 Å². The molecule has 0 radical (unpaired) electrons. The van der Waals surface area contributed by atoms with Gasteiger partial charge in [0.2, 0.25) is 0 Å². The van der Waals surface area contributed by atoms with Crippen LogP contribution < -0.4 is 30.5 Å². The summed E-state index contributed by atoms with van der Waals surface area (Å²) < 4.78 is 20.7. The van der Waals surface area contributed by atoms with E-state index >= 15 is 0 Å². The highest BCUT2D eigenvalue weighted by Gasteiger charge is 2.50. The van der Waals surface area contributed by atoms with Crippen molar-refractivity contribution in [2.75, 3.05) is 9.80 Å². The van der Waals surface area contributed by atoms with E-state index in [9.17, 15) is 0 Å². The molecule has 0 bridgehead atoms. The summed E-state index contributed by atoms with van der Waals surface area (Å²) >= 11 is 0. The smallest absolute Gasteiger partial charge is 0.159 e. The summed E-state index contributed by atoms with van der Waals surface area (Å²) in [7, 11) is -4.95. The first-order valence-electron chi connectivity index (χ1n) is 24.6. The largest absolute Gasteiger partial charge is 0.455 e. The lowest BCUT2D eigenvalue weighted by Gasteiger charge is -2.30. The van der Waals surface area contributed by atoms with Crippen molar-refractivity contribution in [1.82, 2.24) is 0 Å². The standard InChI is InChI=1S/C64H46N2O3Si2/c1-70(2)55-37-41(65(39-19-7-5-8-20-39)50-28-17-26-45-43-23-11-14-30-52(43)67-60(45)50)33-35-48(55)58-57-47-25-13-16-32-54(47)69-62(57)59-49-36-34-42(38-56(49)71(3,4)64(59)63(58)70)66(40-21-9-6-10-22-40)51-29-18-27-46-44-24-12-15-31-53(44)68-61(46)51/h5-38H,1-4H3. The highest BCUT2D eigenvalue weighted by molar-refractivity contribution is 7.13. The maximum atomic E-state index is 7.19. The van der Waals surface area contributed by atoms with Crippen molar-refractivity contribution in [3.05, 3.63) is 206 Å². The van der Waals surface area contributed by atoms with E-state index in [4.69, 9.17) is 13.3 Å². The molecular formula is C64H46N2O3Si2. The van der Waals surface area contributed by atoms with E-state index in [0.29, 0.717) is 0 Å². The molecule has 0 aliphatic carbocycles. The summed E-state index contributed by atoms with van der Waals surface area (Å²) in [4.78, 5) is 4.78. The zero-order valence-electron chi connectivity index (χ0n) is 39.7. The van der Waals surface area contributed by atoms with Crippen LogP contribution in [0.5, 0.6) is 0 Å². The van der Waals surface area contributed by atoms with Crippen molar-refractivity contribution >= 4 is 137 Å². The van der Waals surface area contributed by atoms with Crippen molar-refractivity contribution < 1.29 is 13.3 Å². The van der Waals surface area contributed by atoms with Gasteiger partial charge in [-0.25, -0.2) is 0 Å². The minimum absolute atomic E-state index is 0.879. The fourth-order valence-electron chi connectivity index (χ4n) is 12.6. The Morgan fingerprint density at radius 2 is 0.718 bits per heavy atom. The van der Waals surface area contributed by atoms with Crippen molar-refractivity contribution in [2.45, 2.75) is 26.2 Å². The molecule has 7 heteroatoms. The third-order valence-electron chi connectivity index (χ3n) is 15.8. The number of anilines is 6. The predicted molar refractivity (Wildman–Crippen MR) is 302 cm³/mol. The van der Waals surface area contributed by atoms with Crippen LogP contribution in [0.4, 0.5) is 34.1 Å². The molecule has 10 aromatic carbocycles. The number of benzene rings is 10. The Morgan fingerprint density at radius 1 is 0.324 bits per heavy atom. The summed E-state index contributed by atoms with van der Waals surface area (Å²) in [6.45, 7) is 10.3. The summed E-state index contributed by atoms with van der Waals surface area (Å²) in [5.41, 5.74) is 17.2. The molecule has 0 saturated carbocycles. The van der Waals surface area contributed by atoms with Gasteiger partial charge in [0.25, 0.3) is 0 Å². The molecule has 5 heterocycles. The van der Waals surface area contributed by atoms with E-state index < -0.39 is 16.1 Å². The summed E-state index contributed by atoms with van der Waals surface area (Å²) in [6.07, 6.45) is 0. The topological polar surface area (TPSA) is 45.9 Å². The maximum Gasteiger partial charge on any atom is 0.159 e. The van der Waals surface area contributed by atoms with Gasteiger partial charge in [-0.05, 0) is 116 Å². The number of hydrogen-bond donors (Lipinski definition) is 0. The molecule has 0 unspecified atom stereocenters. The highest BCUT2D eigenvalue weighted by Crippen LogP contribution is 2.49. The number of fused-ring (bicyclic) bond motifs is 18. The SMILES string of the molecule is C[Si]1(C)c2cc(N(c3ccccc3)c3cccc4c3oc3ccccc34)ccc2-c2c1c1c(c3c2oc2ccccc23)-c2ccc(N(c3ccccc3)c3cccc4c3oc3ccccc34)cc2[Si]1(C)C. The third kappa shape index (κ3) is 5.56. The van der Waals surface area contributed by atoms with Gasteiger partial charge in [-0.2, -0.15) is 0 Å². The Balaban J connectivity index is 0.950. The Bertz CT molecular complexity index is 4370. The molecule has 2 aliphatic rings. The quantitative estimate of drug-likeness (QED) is 0.155. The maximum absolute atomic E-state index is 7.19. The molecule has 13 aromatic rings. The normalized spacial score (nSPS) is 14.1. The zero-order chi connectivity index (χ0) is 47.3. The lowest BCUT2D eigenvalue weighted by atomic mass is 9.94. The molecule has 3 aromatic heterocycles. The average Bonchev–Trinajstić information content (AvgIpc) is 4.21. The second-order valence-electron chi connectivity index (χ2n) is 20.4. The van der Waals surface area contributed by atoms with Crippen LogP contribution in [0, 0.1) is 0 Å². The van der Waals surface area contributed by atoms with Crippen LogP contribution >= 0.6 is 0 Å². The van der Waals surface area contributed by atoms with Crippen LogP contribution in [0.25, 0.3) is 88.1 Å². The Morgan fingerprint density at radius 3 is 1.23 bits per heavy atom. The molecule has 0 atom stereocenters. The van der Waals surface area contributed by atoms with E-state index in [2.05, 4.69) is 230 Å². The molecule has 0 saturated heterocycles. The van der Waals surface area contributed by atoms with Crippen molar-refractivity contribution in [3.63, 3.8) is 0 Å². The zero-order valence-corrected chi connectivity index (χ0v) is 41.7. The molecule has 0 N–H and O–H groups in total. The van der Waals surface area contributed by atoms with Crippen molar-refractivity contribution in [2.24, 2.45) is 0 Å². The van der Waals surface area contributed by atoms with Gasteiger partial charge in [0.05, 0.1) is 11.4 Å². The summed E-state index contributed by atoms with van der Waals surface area (Å²) in [5.74, 6) is 0. The van der Waals surface area contributed by atoms with Crippen LogP contribution in [-0.4, -0.2) is 16.1 Å². The second-order valence-corrected chi connectivity index (χ2v) is 28.9. The van der Waals surface area contributed by atoms with Gasteiger partial charge in [0, 0.05) is 60.6 Å². The molecule has 71 heavy (non-hydrogen) atoms. The number of nitrogens with zero attached hydrogens (tertiary/aromatic N) is 2. The van der Waals surface area contributed by atoms with E-state index in [1.165, 1.54) is 48.6 Å². The molecule has 338 valence electrons. The first-order valence-corrected chi connectivity index (χ1v) is 30.6. The van der Waals surface area contributed by atoms with Gasteiger partial charge in [0.15, 0.2) is 11.2 Å². The molecule has 2 aliphatic heterocycles. The lowest BCUT2D eigenvalue weighted by Crippen LogP contribution is -2.63. The predicted octanol–water partition coefficient (Wildman–Crippen LogP) is 15.9. The first-order chi connectivity index (χ1) is 34.8. The van der Waals surface area contributed by atoms with Gasteiger partial charge >= 0.3 is 0 Å². The van der Waals surface area contributed by atoms with Gasteiger partial charge in [-0.3, -0.25) is 0 Å². The Labute approximate surface area is 412 Å². The minimum Gasteiger partial charge on any atom is -0.455 e. The number of para-hydroxylation sites is 7. The van der Waals surface area contributed by atoms with E-state index in [-0.39, 0.29) is 0 Å². The first kappa shape index (κ1) is 40.5. The van der Waals surface area contributed by atoms with Crippen LogP contribution in [0.3, 0.4) is 0 Å². The van der Waals surface area contributed by atoms with Crippen molar-refractivity contribution in [1.29, 1.82) is 0 Å². The highest BCUT2D eigenvalue weighted by atomic mass is 28.3. The number of hydrogen-bond acceptors (Lipinski definition) is 5. The minimum atomic E-state index is -2.48. The monoisotopic (exact) mass is 946 g/mol. The van der Waals surface area contributed by atoms with E-state index in [0.717, 1.165) is 89.2 Å². The molecule has 0 amide bonds. The number of furan rings is 3. The Hall–Kier alpha value is -8.37. The molecule has 0 spiro atoms. The van der Waals surface area contributed by atoms with Crippen molar-refractivity contribution in [3.8, 4) is 22.3 Å². The van der Waals surface area contributed by atoms with Crippen LogP contribution in [0.15, 0.2) is 220 Å².